The Labute approximate surface area is 213 Å². The Morgan fingerprint density at radius 2 is 1.67 bits per heavy atom. The molecule has 0 unspecified atom stereocenters. The van der Waals surface area contributed by atoms with Crippen molar-refractivity contribution >= 4 is 35.0 Å². The molecule has 180 valence electrons. The van der Waals surface area contributed by atoms with Gasteiger partial charge in [-0.3, -0.25) is 9.38 Å². The Morgan fingerprint density at radius 3 is 2.44 bits per heavy atom. The van der Waals surface area contributed by atoms with Crippen LogP contribution in [0.2, 0.25) is 0 Å². The Balaban J connectivity index is 1.22. The minimum atomic E-state index is 0.510. The molecule has 6 heterocycles. The second kappa shape index (κ2) is 9.92. The van der Waals surface area contributed by atoms with Crippen molar-refractivity contribution in [2.45, 2.75) is 0 Å². The van der Waals surface area contributed by atoms with Crippen molar-refractivity contribution in [1.82, 2.24) is 33.6 Å². The van der Waals surface area contributed by atoms with Gasteiger partial charge in [-0.25, -0.2) is 24.2 Å². The molecule has 10 heteroatoms. The van der Waals surface area contributed by atoms with E-state index >= 15 is 0 Å². The summed E-state index contributed by atoms with van der Waals surface area (Å²) in [6.07, 6.45) is 13.2. The van der Waals surface area contributed by atoms with Gasteiger partial charge in [-0.15, -0.1) is 0 Å². The van der Waals surface area contributed by atoms with Crippen molar-refractivity contribution in [2.75, 3.05) is 42.7 Å². The normalized spacial score (nSPS) is 14.3. The van der Waals surface area contributed by atoms with Crippen LogP contribution in [0.5, 0.6) is 0 Å². The largest absolute Gasteiger partial charge is 0.354 e. The average molecular weight is 496 g/mol. The molecule has 1 aliphatic heterocycles. The predicted octanol–water partition coefficient (Wildman–Crippen LogP) is 4.39. The van der Waals surface area contributed by atoms with Crippen LogP contribution in [-0.4, -0.2) is 66.1 Å². The molecule has 5 aromatic rings. The molecule has 0 amide bonds. The van der Waals surface area contributed by atoms with Crippen molar-refractivity contribution in [3.63, 3.8) is 0 Å². The van der Waals surface area contributed by atoms with E-state index in [9.17, 15) is 0 Å². The lowest BCUT2D eigenvalue weighted by atomic mass is 10.1. The SMILES string of the molecule is CSN1CCN(c2ccc(Nc3nccc(-c4cnc5ccc(-c6ccncc6)cn45)n3)cn2)CC1. The Kier molecular flexibility index (Phi) is 6.18. The molecule has 1 aliphatic rings. The maximum atomic E-state index is 4.75. The third kappa shape index (κ3) is 4.60. The molecular weight excluding hydrogens is 470 g/mol. The van der Waals surface area contributed by atoms with Crippen LogP contribution >= 0.6 is 11.9 Å². The van der Waals surface area contributed by atoms with E-state index < -0.39 is 0 Å². The summed E-state index contributed by atoms with van der Waals surface area (Å²) in [4.78, 5) is 24.8. The van der Waals surface area contributed by atoms with E-state index in [1.54, 1.807) is 30.5 Å². The number of hydrogen-bond donors (Lipinski definition) is 1. The summed E-state index contributed by atoms with van der Waals surface area (Å²) < 4.78 is 4.43. The van der Waals surface area contributed by atoms with E-state index in [1.807, 2.05) is 48.8 Å². The zero-order chi connectivity index (χ0) is 24.3. The Hall–Kier alpha value is -4.02. The van der Waals surface area contributed by atoms with Crippen molar-refractivity contribution in [2.24, 2.45) is 0 Å². The van der Waals surface area contributed by atoms with Gasteiger partial charge in [-0.1, -0.05) is 11.9 Å². The number of rotatable bonds is 6. The van der Waals surface area contributed by atoms with Crippen molar-refractivity contribution < 1.29 is 0 Å². The number of hydrogen-bond acceptors (Lipinski definition) is 9. The second-order valence-corrected chi connectivity index (χ2v) is 9.30. The molecule has 1 saturated heterocycles. The lowest BCUT2D eigenvalue weighted by Gasteiger charge is -2.33. The molecule has 0 atom stereocenters. The second-order valence-electron chi connectivity index (χ2n) is 8.42. The monoisotopic (exact) mass is 495 g/mol. The first-order valence-electron chi connectivity index (χ1n) is 11.7. The summed E-state index contributed by atoms with van der Waals surface area (Å²) in [5, 5.41) is 3.29. The van der Waals surface area contributed by atoms with Crippen LogP contribution in [0.4, 0.5) is 17.5 Å². The van der Waals surface area contributed by atoms with E-state index in [2.05, 4.69) is 57.4 Å². The maximum Gasteiger partial charge on any atom is 0.227 e. The summed E-state index contributed by atoms with van der Waals surface area (Å²) in [6.45, 7) is 4.04. The number of piperazine rings is 1. The molecule has 0 spiro atoms. The Bertz CT molecular complexity index is 1460. The zero-order valence-corrected chi connectivity index (χ0v) is 20.6. The number of nitrogens with zero attached hydrogens (tertiary/aromatic N) is 8. The first-order chi connectivity index (χ1) is 17.8. The van der Waals surface area contributed by atoms with E-state index in [4.69, 9.17) is 4.98 Å². The molecule has 1 fully saturated rings. The number of fused-ring (bicyclic) bond motifs is 1. The highest BCUT2D eigenvalue weighted by atomic mass is 32.2. The standard InChI is InChI=1S/C26H25N9S/c1-36-34-14-12-33(13-15-34)24-5-3-21(16-29-24)31-26-28-11-8-22(32-26)23-17-30-25-4-2-20(18-35(23)25)19-6-9-27-10-7-19/h2-11,16-18H,12-15H2,1H3,(H,28,31,32). The highest BCUT2D eigenvalue weighted by molar-refractivity contribution is 7.96. The maximum absolute atomic E-state index is 4.75. The first kappa shape index (κ1) is 22.4. The van der Waals surface area contributed by atoms with Crippen LogP contribution in [0.3, 0.4) is 0 Å². The van der Waals surface area contributed by atoms with Crippen molar-refractivity contribution in [3.8, 4) is 22.5 Å². The molecule has 5 aromatic heterocycles. The summed E-state index contributed by atoms with van der Waals surface area (Å²) >= 11 is 1.80. The van der Waals surface area contributed by atoms with Crippen molar-refractivity contribution in [3.05, 3.63) is 79.6 Å². The Morgan fingerprint density at radius 1 is 0.806 bits per heavy atom. The van der Waals surface area contributed by atoms with E-state index in [0.717, 1.165) is 65.8 Å². The van der Waals surface area contributed by atoms with Gasteiger partial charge in [0.1, 0.15) is 11.5 Å². The summed E-state index contributed by atoms with van der Waals surface area (Å²) in [5.74, 6) is 1.50. The van der Waals surface area contributed by atoms with Crippen LogP contribution in [0, 0.1) is 0 Å². The summed E-state index contributed by atoms with van der Waals surface area (Å²) in [6, 6.07) is 14.0. The highest BCUT2D eigenvalue weighted by Crippen LogP contribution is 2.25. The van der Waals surface area contributed by atoms with Gasteiger partial charge in [-0.05, 0) is 59.8 Å². The van der Waals surface area contributed by atoms with E-state index in [0.29, 0.717) is 5.95 Å². The van der Waals surface area contributed by atoms with Gasteiger partial charge in [0.05, 0.1) is 29.5 Å². The fourth-order valence-electron chi connectivity index (χ4n) is 4.32. The fraction of sp³-hybridized carbons (Fsp3) is 0.192. The minimum Gasteiger partial charge on any atom is -0.354 e. The van der Waals surface area contributed by atoms with Crippen LogP contribution in [0.1, 0.15) is 0 Å². The number of anilines is 3. The quantitative estimate of drug-likeness (QED) is 0.345. The van der Waals surface area contributed by atoms with Gasteiger partial charge in [0, 0.05) is 51.0 Å². The lowest BCUT2D eigenvalue weighted by molar-refractivity contribution is 0.429. The predicted molar refractivity (Wildman–Crippen MR) is 144 cm³/mol. The topological polar surface area (TPSA) is 87.4 Å². The number of aromatic nitrogens is 6. The molecule has 0 bridgehead atoms. The van der Waals surface area contributed by atoms with Crippen LogP contribution < -0.4 is 10.2 Å². The fourth-order valence-corrected chi connectivity index (χ4v) is 4.85. The summed E-state index contributed by atoms with van der Waals surface area (Å²) in [7, 11) is 0. The third-order valence-corrected chi connectivity index (χ3v) is 7.14. The van der Waals surface area contributed by atoms with E-state index in [1.165, 1.54) is 0 Å². The first-order valence-corrected chi connectivity index (χ1v) is 12.9. The number of pyridine rings is 3. The van der Waals surface area contributed by atoms with Crippen LogP contribution in [-0.2, 0) is 0 Å². The molecule has 0 aliphatic carbocycles. The molecular formula is C26H25N9S. The van der Waals surface area contributed by atoms with Gasteiger partial charge in [0.15, 0.2) is 0 Å². The molecule has 36 heavy (non-hydrogen) atoms. The highest BCUT2D eigenvalue weighted by Gasteiger charge is 2.17. The minimum absolute atomic E-state index is 0.510. The van der Waals surface area contributed by atoms with Crippen molar-refractivity contribution in [1.29, 1.82) is 0 Å². The molecule has 0 radical (unpaired) electrons. The molecule has 1 N–H and O–H groups in total. The molecule has 6 rings (SSSR count). The summed E-state index contributed by atoms with van der Waals surface area (Å²) in [5.41, 5.74) is 5.55. The number of nitrogens with one attached hydrogen (secondary N) is 1. The van der Waals surface area contributed by atoms with Gasteiger partial charge in [0.25, 0.3) is 0 Å². The van der Waals surface area contributed by atoms with Gasteiger partial charge >= 0.3 is 0 Å². The lowest BCUT2D eigenvalue weighted by Crippen LogP contribution is -2.43. The molecule has 0 aromatic carbocycles. The van der Waals surface area contributed by atoms with Crippen LogP contribution in [0.15, 0.2) is 79.6 Å². The molecule has 9 nitrogen and oxygen atoms in total. The number of imidazole rings is 1. The zero-order valence-electron chi connectivity index (χ0n) is 19.8. The van der Waals surface area contributed by atoms with Gasteiger partial charge < -0.3 is 10.2 Å². The van der Waals surface area contributed by atoms with E-state index in [-0.39, 0.29) is 0 Å². The average Bonchev–Trinajstić information content (AvgIpc) is 3.38. The van der Waals surface area contributed by atoms with Crippen LogP contribution in [0.25, 0.3) is 28.2 Å². The van der Waals surface area contributed by atoms with Gasteiger partial charge in [-0.2, -0.15) is 0 Å². The smallest absolute Gasteiger partial charge is 0.227 e. The van der Waals surface area contributed by atoms with Gasteiger partial charge in [0.2, 0.25) is 5.95 Å². The third-order valence-electron chi connectivity index (χ3n) is 6.26. The molecule has 0 saturated carbocycles.